The SMILES string of the molecule is Cc1ccnc(N2CCCC(CNc3nc(C4CC4)nc(Cl)c3N)C2)n1. The highest BCUT2D eigenvalue weighted by Gasteiger charge is 2.28. The Morgan fingerprint density at radius 3 is 2.88 bits per heavy atom. The van der Waals surface area contributed by atoms with Crippen LogP contribution in [0.5, 0.6) is 0 Å². The van der Waals surface area contributed by atoms with Crippen LogP contribution >= 0.6 is 11.6 Å². The molecule has 1 saturated carbocycles. The van der Waals surface area contributed by atoms with Crippen LogP contribution in [0, 0.1) is 12.8 Å². The molecule has 4 rings (SSSR count). The van der Waals surface area contributed by atoms with Crippen molar-refractivity contribution in [2.45, 2.75) is 38.5 Å². The second-order valence-electron chi connectivity index (χ2n) is 7.24. The Labute approximate surface area is 158 Å². The summed E-state index contributed by atoms with van der Waals surface area (Å²) in [6.45, 7) is 4.70. The first-order chi connectivity index (χ1) is 12.6. The van der Waals surface area contributed by atoms with E-state index in [2.05, 4.69) is 30.2 Å². The standard InChI is InChI=1S/C18H24ClN7/c1-11-6-7-21-18(23-11)26-8-2-3-12(10-26)9-22-17-14(20)15(19)24-16(25-17)13-4-5-13/h6-7,12-13H,2-5,8-10,20H2,1H3,(H,22,24,25). The minimum Gasteiger partial charge on any atom is -0.393 e. The Balaban J connectivity index is 1.41. The zero-order chi connectivity index (χ0) is 18.1. The van der Waals surface area contributed by atoms with Crippen molar-refractivity contribution in [1.82, 2.24) is 19.9 Å². The van der Waals surface area contributed by atoms with Crippen LogP contribution in [0.15, 0.2) is 12.3 Å². The summed E-state index contributed by atoms with van der Waals surface area (Å²) >= 11 is 6.19. The van der Waals surface area contributed by atoms with Gasteiger partial charge in [-0.2, -0.15) is 0 Å². The van der Waals surface area contributed by atoms with Gasteiger partial charge in [-0.1, -0.05) is 11.6 Å². The van der Waals surface area contributed by atoms with E-state index in [1.165, 1.54) is 0 Å². The van der Waals surface area contributed by atoms with E-state index in [0.717, 1.165) is 62.8 Å². The Morgan fingerprint density at radius 1 is 1.27 bits per heavy atom. The lowest BCUT2D eigenvalue weighted by molar-refractivity contribution is 0.427. The number of anilines is 3. The molecule has 0 radical (unpaired) electrons. The summed E-state index contributed by atoms with van der Waals surface area (Å²) in [4.78, 5) is 20.1. The minimum atomic E-state index is 0.350. The molecule has 0 spiro atoms. The van der Waals surface area contributed by atoms with Crippen LogP contribution in [-0.4, -0.2) is 39.6 Å². The normalized spacial score (nSPS) is 20.2. The second-order valence-corrected chi connectivity index (χ2v) is 7.60. The first-order valence-corrected chi connectivity index (χ1v) is 9.59. The fraction of sp³-hybridized carbons (Fsp3) is 0.556. The van der Waals surface area contributed by atoms with Gasteiger partial charge in [0.1, 0.15) is 11.5 Å². The lowest BCUT2D eigenvalue weighted by Gasteiger charge is -2.33. The molecule has 2 aromatic heterocycles. The Kier molecular flexibility index (Phi) is 4.80. The lowest BCUT2D eigenvalue weighted by atomic mass is 9.98. The molecule has 138 valence electrons. The maximum Gasteiger partial charge on any atom is 0.225 e. The molecular weight excluding hydrogens is 350 g/mol. The van der Waals surface area contributed by atoms with Crippen LogP contribution < -0.4 is 16.0 Å². The Morgan fingerprint density at radius 2 is 2.12 bits per heavy atom. The lowest BCUT2D eigenvalue weighted by Crippen LogP contribution is -2.39. The van der Waals surface area contributed by atoms with Crippen molar-refractivity contribution in [3.63, 3.8) is 0 Å². The first-order valence-electron chi connectivity index (χ1n) is 9.21. The summed E-state index contributed by atoms with van der Waals surface area (Å²) in [5.41, 5.74) is 7.50. The molecular formula is C18H24ClN7. The summed E-state index contributed by atoms with van der Waals surface area (Å²) in [6, 6.07) is 1.92. The fourth-order valence-electron chi connectivity index (χ4n) is 3.36. The molecule has 1 unspecified atom stereocenters. The van der Waals surface area contributed by atoms with Gasteiger partial charge in [-0.25, -0.2) is 19.9 Å². The van der Waals surface area contributed by atoms with Crippen LogP contribution in [-0.2, 0) is 0 Å². The topological polar surface area (TPSA) is 92.9 Å². The molecule has 0 amide bonds. The third kappa shape index (κ3) is 3.82. The smallest absolute Gasteiger partial charge is 0.225 e. The molecule has 7 nitrogen and oxygen atoms in total. The molecule has 8 heteroatoms. The van der Waals surface area contributed by atoms with E-state index in [-0.39, 0.29) is 0 Å². The second kappa shape index (κ2) is 7.23. The molecule has 1 aliphatic carbocycles. The number of halogens is 1. The molecule has 2 aliphatic rings. The van der Waals surface area contributed by atoms with E-state index in [1.54, 1.807) is 0 Å². The zero-order valence-electron chi connectivity index (χ0n) is 15.0. The molecule has 2 fully saturated rings. The third-order valence-corrected chi connectivity index (χ3v) is 5.29. The van der Waals surface area contributed by atoms with Gasteiger partial charge in [0.15, 0.2) is 11.0 Å². The van der Waals surface area contributed by atoms with Crippen molar-refractivity contribution in [2.24, 2.45) is 5.92 Å². The summed E-state index contributed by atoms with van der Waals surface area (Å²) < 4.78 is 0. The number of nitrogens with one attached hydrogen (secondary N) is 1. The van der Waals surface area contributed by atoms with Gasteiger partial charge in [0, 0.05) is 37.4 Å². The summed E-state index contributed by atoms with van der Waals surface area (Å²) in [6.07, 6.45) is 6.37. The van der Waals surface area contributed by atoms with E-state index in [0.29, 0.717) is 28.5 Å². The summed E-state index contributed by atoms with van der Waals surface area (Å²) in [5, 5.41) is 3.75. The largest absolute Gasteiger partial charge is 0.393 e. The number of aryl methyl sites for hydroxylation is 1. The molecule has 0 aromatic carbocycles. The fourth-order valence-corrected chi connectivity index (χ4v) is 3.54. The number of nitrogens with zero attached hydrogens (tertiary/aromatic N) is 5. The average molecular weight is 374 g/mol. The van der Waals surface area contributed by atoms with Crippen molar-refractivity contribution in [1.29, 1.82) is 0 Å². The van der Waals surface area contributed by atoms with Crippen LogP contribution in [0.4, 0.5) is 17.5 Å². The van der Waals surface area contributed by atoms with Crippen molar-refractivity contribution < 1.29 is 0 Å². The molecule has 3 heterocycles. The summed E-state index contributed by atoms with van der Waals surface area (Å²) in [7, 11) is 0. The van der Waals surface area contributed by atoms with Gasteiger partial charge in [0.05, 0.1) is 0 Å². The average Bonchev–Trinajstić information content (AvgIpc) is 3.48. The van der Waals surface area contributed by atoms with Gasteiger partial charge in [0.25, 0.3) is 0 Å². The van der Waals surface area contributed by atoms with Crippen molar-refractivity contribution in [3.05, 3.63) is 28.9 Å². The van der Waals surface area contributed by atoms with Crippen LogP contribution in [0.1, 0.15) is 43.1 Å². The minimum absolute atomic E-state index is 0.350. The van der Waals surface area contributed by atoms with E-state index < -0.39 is 0 Å². The van der Waals surface area contributed by atoms with Gasteiger partial charge in [-0.3, -0.25) is 0 Å². The molecule has 1 atom stereocenters. The quantitative estimate of drug-likeness (QED) is 0.778. The number of rotatable bonds is 5. The van der Waals surface area contributed by atoms with Crippen molar-refractivity contribution in [3.8, 4) is 0 Å². The number of piperidine rings is 1. The van der Waals surface area contributed by atoms with E-state index >= 15 is 0 Å². The summed E-state index contributed by atoms with van der Waals surface area (Å²) in [5.74, 6) is 3.21. The Bertz CT molecular complexity index is 793. The maximum absolute atomic E-state index is 6.19. The molecule has 1 saturated heterocycles. The first kappa shape index (κ1) is 17.3. The van der Waals surface area contributed by atoms with Crippen LogP contribution in [0.25, 0.3) is 0 Å². The highest BCUT2D eigenvalue weighted by Crippen LogP contribution is 2.40. The maximum atomic E-state index is 6.19. The number of nitrogens with two attached hydrogens (primary N) is 1. The third-order valence-electron chi connectivity index (χ3n) is 5.00. The highest BCUT2D eigenvalue weighted by molar-refractivity contribution is 6.32. The predicted octanol–water partition coefficient (Wildman–Crippen LogP) is 3.02. The number of nitrogen functional groups attached to an aromatic ring is 1. The van der Waals surface area contributed by atoms with Gasteiger partial charge in [-0.05, 0) is 44.6 Å². The van der Waals surface area contributed by atoms with Gasteiger partial charge in [0.2, 0.25) is 5.95 Å². The van der Waals surface area contributed by atoms with Gasteiger partial charge >= 0.3 is 0 Å². The molecule has 2 aromatic rings. The molecule has 0 bridgehead atoms. The van der Waals surface area contributed by atoms with Gasteiger partial charge < -0.3 is 16.0 Å². The van der Waals surface area contributed by atoms with Gasteiger partial charge in [-0.15, -0.1) is 0 Å². The molecule has 1 aliphatic heterocycles. The van der Waals surface area contributed by atoms with Crippen LogP contribution in [0.2, 0.25) is 5.15 Å². The monoisotopic (exact) mass is 373 g/mol. The molecule has 3 N–H and O–H groups in total. The Hall–Kier alpha value is -2.15. The number of aromatic nitrogens is 4. The van der Waals surface area contributed by atoms with E-state index in [9.17, 15) is 0 Å². The predicted molar refractivity (Wildman–Crippen MR) is 104 cm³/mol. The molecule has 26 heavy (non-hydrogen) atoms. The zero-order valence-corrected chi connectivity index (χ0v) is 15.7. The number of hydrogen-bond acceptors (Lipinski definition) is 7. The van der Waals surface area contributed by atoms with Crippen molar-refractivity contribution in [2.75, 3.05) is 35.6 Å². The number of hydrogen-bond donors (Lipinski definition) is 2. The highest BCUT2D eigenvalue weighted by atomic mass is 35.5. The van der Waals surface area contributed by atoms with Crippen LogP contribution in [0.3, 0.4) is 0 Å². The van der Waals surface area contributed by atoms with E-state index in [1.807, 2.05) is 19.2 Å². The van der Waals surface area contributed by atoms with Crippen molar-refractivity contribution >= 4 is 29.1 Å². The van der Waals surface area contributed by atoms with E-state index in [4.69, 9.17) is 17.3 Å².